The summed E-state index contributed by atoms with van der Waals surface area (Å²) in [6, 6.07) is 18.4. The largest absolute Gasteiger partial charge is 0.387 e. The molecule has 20 heavy (non-hydrogen) atoms. The second-order valence-corrected chi connectivity index (χ2v) is 4.84. The lowest BCUT2D eigenvalue weighted by atomic mass is 10.1. The Hall–Kier alpha value is -1.84. The molecule has 0 heterocycles. The molecule has 1 atom stereocenters. The lowest BCUT2D eigenvalue weighted by Gasteiger charge is -2.24. The number of hydrogen-bond acceptors (Lipinski definition) is 3. The molecule has 106 valence electrons. The highest BCUT2D eigenvalue weighted by atomic mass is 16.3. The van der Waals surface area contributed by atoms with E-state index in [4.69, 9.17) is 5.73 Å². The van der Waals surface area contributed by atoms with Crippen molar-refractivity contribution in [3.63, 3.8) is 0 Å². The maximum Gasteiger partial charge on any atom is 0.0912 e. The molecule has 3 N–H and O–H groups in total. The Labute approximate surface area is 120 Å². The fraction of sp³-hybridized carbons (Fsp3) is 0.294. The van der Waals surface area contributed by atoms with Crippen LogP contribution in [0.2, 0.25) is 0 Å². The number of nitrogens with zero attached hydrogens (tertiary/aromatic N) is 1. The van der Waals surface area contributed by atoms with Crippen molar-refractivity contribution in [1.29, 1.82) is 0 Å². The molecule has 2 aromatic carbocycles. The van der Waals surface area contributed by atoms with Crippen LogP contribution in [0.5, 0.6) is 0 Å². The van der Waals surface area contributed by atoms with Crippen LogP contribution in [0.15, 0.2) is 54.6 Å². The number of anilines is 1. The third kappa shape index (κ3) is 3.59. The molecule has 0 saturated carbocycles. The summed E-state index contributed by atoms with van der Waals surface area (Å²) < 4.78 is 0. The van der Waals surface area contributed by atoms with Crippen molar-refractivity contribution in [1.82, 2.24) is 0 Å². The first-order valence-electron chi connectivity index (χ1n) is 7.01. The van der Waals surface area contributed by atoms with Crippen molar-refractivity contribution in [2.45, 2.75) is 19.6 Å². The normalized spacial score (nSPS) is 12.2. The van der Waals surface area contributed by atoms with Crippen LogP contribution in [-0.4, -0.2) is 18.2 Å². The van der Waals surface area contributed by atoms with Crippen molar-refractivity contribution in [2.75, 3.05) is 18.0 Å². The van der Waals surface area contributed by atoms with Crippen LogP contribution in [0.1, 0.15) is 24.2 Å². The maximum atomic E-state index is 9.71. The smallest absolute Gasteiger partial charge is 0.0912 e. The standard InChI is InChI=1S/C17H22N2O/c1-2-19(13-14-6-4-3-5-7-14)16-10-8-15(9-11-16)17(20)12-18/h3-11,17,20H,2,12-13,18H2,1H3. The Morgan fingerprint density at radius 2 is 1.70 bits per heavy atom. The molecule has 0 aliphatic carbocycles. The van der Waals surface area contributed by atoms with E-state index in [2.05, 4.69) is 36.1 Å². The lowest BCUT2D eigenvalue weighted by molar-refractivity contribution is 0.187. The van der Waals surface area contributed by atoms with E-state index in [1.807, 2.05) is 30.3 Å². The number of benzene rings is 2. The Morgan fingerprint density at radius 1 is 1.05 bits per heavy atom. The summed E-state index contributed by atoms with van der Waals surface area (Å²) in [7, 11) is 0. The summed E-state index contributed by atoms with van der Waals surface area (Å²) in [6.07, 6.45) is -0.576. The van der Waals surface area contributed by atoms with E-state index in [1.54, 1.807) is 0 Å². The predicted octanol–water partition coefficient (Wildman–Crippen LogP) is 2.71. The summed E-state index contributed by atoms with van der Waals surface area (Å²) >= 11 is 0. The van der Waals surface area contributed by atoms with Gasteiger partial charge in [0.05, 0.1) is 6.10 Å². The minimum Gasteiger partial charge on any atom is -0.387 e. The van der Waals surface area contributed by atoms with Crippen LogP contribution in [0.4, 0.5) is 5.69 Å². The summed E-state index contributed by atoms with van der Waals surface area (Å²) in [5, 5.41) is 9.71. The van der Waals surface area contributed by atoms with Crippen molar-refractivity contribution in [2.24, 2.45) is 5.73 Å². The van der Waals surface area contributed by atoms with Gasteiger partial charge in [0.2, 0.25) is 0 Å². The number of nitrogens with two attached hydrogens (primary N) is 1. The van der Waals surface area contributed by atoms with E-state index in [0.717, 1.165) is 24.3 Å². The molecule has 0 bridgehead atoms. The molecule has 0 aromatic heterocycles. The van der Waals surface area contributed by atoms with Crippen LogP contribution in [0.3, 0.4) is 0 Å². The van der Waals surface area contributed by atoms with E-state index in [1.165, 1.54) is 5.56 Å². The van der Waals surface area contributed by atoms with Crippen molar-refractivity contribution in [3.8, 4) is 0 Å². The average molecular weight is 270 g/mol. The van der Waals surface area contributed by atoms with Gasteiger partial charge in [0, 0.05) is 25.3 Å². The van der Waals surface area contributed by atoms with Gasteiger partial charge in [-0.2, -0.15) is 0 Å². The molecule has 0 radical (unpaired) electrons. The highest BCUT2D eigenvalue weighted by Gasteiger charge is 2.08. The first-order valence-corrected chi connectivity index (χ1v) is 7.01. The van der Waals surface area contributed by atoms with Crippen LogP contribution < -0.4 is 10.6 Å². The second-order valence-electron chi connectivity index (χ2n) is 4.84. The fourth-order valence-corrected chi connectivity index (χ4v) is 2.23. The minimum absolute atomic E-state index is 0.251. The highest BCUT2D eigenvalue weighted by molar-refractivity contribution is 5.48. The molecule has 3 heteroatoms. The van der Waals surface area contributed by atoms with Crippen molar-refractivity contribution < 1.29 is 5.11 Å². The molecule has 0 amide bonds. The zero-order valence-corrected chi connectivity index (χ0v) is 11.9. The Kier molecular flexibility index (Phi) is 5.16. The lowest BCUT2D eigenvalue weighted by Crippen LogP contribution is -2.22. The molecule has 3 nitrogen and oxygen atoms in total. The van der Waals surface area contributed by atoms with Gasteiger partial charge in [0.1, 0.15) is 0 Å². The highest BCUT2D eigenvalue weighted by Crippen LogP contribution is 2.20. The first-order chi connectivity index (χ1) is 9.74. The molecule has 0 aliphatic rings. The summed E-state index contributed by atoms with van der Waals surface area (Å²) in [5.74, 6) is 0. The first kappa shape index (κ1) is 14.6. The minimum atomic E-state index is -0.576. The van der Waals surface area contributed by atoms with E-state index in [0.29, 0.717) is 0 Å². The van der Waals surface area contributed by atoms with E-state index < -0.39 is 6.10 Å². The van der Waals surface area contributed by atoms with Crippen molar-refractivity contribution in [3.05, 3.63) is 65.7 Å². The zero-order chi connectivity index (χ0) is 14.4. The van der Waals surface area contributed by atoms with Crippen molar-refractivity contribution >= 4 is 5.69 Å². The van der Waals surface area contributed by atoms with E-state index in [9.17, 15) is 5.11 Å². The molecule has 0 saturated heterocycles. The molecular formula is C17H22N2O. The van der Waals surface area contributed by atoms with Crippen LogP contribution in [-0.2, 0) is 6.54 Å². The van der Waals surface area contributed by atoms with Gasteiger partial charge < -0.3 is 15.7 Å². The molecular weight excluding hydrogens is 248 g/mol. The second kappa shape index (κ2) is 7.08. The van der Waals surface area contributed by atoms with Crippen LogP contribution >= 0.6 is 0 Å². The van der Waals surface area contributed by atoms with E-state index in [-0.39, 0.29) is 6.54 Å². The predicted molar refractivity (Wildman–Crippen MR) is 83.6 cm³/mol. The monoisotopic (exact) mass is 270 g/mol. The molecule has 2 aromatic rings. The van der Waals surface area contributed by atoms with Gasteiger partial charge in [-0.3, -0.25) is 0 Å². The van der Waals surface area contributed by atoms with Gasteiger partial charge in [-0.15, -0.1) is 0 Å². The quantitative estimate of drug-likeness (QED) is 0.848. The number of aliphatic hydroxyl groups excluding tert-OH is 1. The van der Waals surface area contributed by atoms with Gasteiger partial charge >= 0.3 is 0 Å². The molecule has 1 unspecified atom stereocenters. The number of hydrogen-bond donors (Lipinski definition) is 2. The summed E-state index contributed by atoms with van der Waals surface area (Å²) in [4.78, 5) is 2.30. The fourth-order valence-electron chi connectivity index (χ4n) is 2.23. The van der Waals surface area contributed by atoms with E-state index >= 15 is 0 Å². The SMILES string of the molecule is CCN(Cc1ccccc1)c1ccc(C(O)CN)cc1. The van der Waals surface area contributed by atoms with Gasteiger partial charge in [0.25, 0.3) is 0 Å². The molecule has 0 spiro atoms. The third-order valence-electron chi connectivity index (χ3n) is 3.46. The molecule has 0 aliphatic heterocycles. The third-order valence-corrected chi connectivity index (χ3v) is 3.46. The number of aliphatic hydroxyl groups is 1. The Balaban J connectivity index is 2.11. The molecule has 2 rings (SSSR count). The van der Waals surface area contributed by atoms with Gasteiger partial charge in [0.15, 0.2) is 0 Å². The van der Waals surface area contributed by atoms with Crippen LogP contribution in [0.25, 0.3) is 0 Å². The number of rotatable bonds is 6. The summed E-state index contributed by atoms with van der Waals surface area (Å²) in [6.45, 7) is 4.22. The average Bonchev–Trinajstić information content (AvgIpc) is 2.53. The Bertz CT molecular complexity index is 510. The zero-order valence-electron chi connectivity index (χ0n) is 11.9. The Morgan fingerprint density at radius 3 is 2.25 bits per heavy atom. The summed E-state index contributed by atoms with van der Waals surface area (Å²) in [5.41, 5.74) is 8.79. The van der Waals surface area contributed by atoms with Gasteiger partial charge in [-0.25, -0.2) is 0 Å². The van der Waals surface area contributed by atoms with Gasteiger partial charge in [-0.05, 0) is 30.2 Å². The van der Waals surface area contributed by atoms with Gasteiger partial charge in [-0.1, -0.05) is 42.5 Å². The molecule has 0 fully saturated rings. The maximum absolute atomic E-state index is 9.71. The topological polar surface area (TPSA) is 49.5 Å². The van der Waals surface area contributed by atoms with Crippen LogP contribution in [0, 0.1) is 0 Å².